The Hall–Kier alpha value is -4.45. The summed E-state index contributed by atoms with van der Waals surface area (Å²) in [5, 5.41) is 42.6. The predicted molar refractivity (Wildman–Crippen MR) is 297 cm³/mol. The summed E-state index contributed by atoms with van der Waals surface area (Å²) in [4.78, 5) is 55.8. The van der Waals surface area contributed by atoms with E-state index in [4.69, 9.17) is 26.2 Å². The smallest absolute Gasteiger partial charge is 0.317 e. The lowest BCUT2D eigenvalue weighted by molar-refractivity contribution is -0.138. The number of aliphatic hydroxyl groups excluding tert-OH is 2. The number of carbonyl (C=O) groups is 5. The molecule has 2 rings (SSSR count). The van der Waals surface area contributed by atoms with E-state index in [9.17, 15) is 24.0 Å². The zero-order valence-electron chi connectivity index (χ0n) is 47.8. The molecule has 1 atom stereocenters. The molecule has 0 saturated heterocycles. The van der Waals surface area contributed by atoms with E-state index in [1.807, 2.05) is 96.4 Å². The second-order valence-corrected chi connectivity index (χ2v) is 15.7. The van der Waals surface area contributed by atoms with Gasteiger partial charge in [-0.1, -0.05) is 162 Å². The van der Waals surface area contributed by atoms with Gasteiger partial charge in [0.05, 0.1) is 13.1 Å². The molecular weight excluding hydrogens is 893 g/mol. The van der Waals surface area contributed by atoms with Crippen LogP contribution < -0.4 is 21.9 Å². The van der Waals surface area contributed by atoms with Crippen molar-refractivity contribution in [1.82, 2.24) is 20.7 Å². The van der Waals surface area contributed by atoms with Crippen molar-refractivity contribution in [2.75, 3.05) is 58.3 Å². The number of hydrogen-bond acceptors (Lipinski definition) is 13. The van der Waals surface area contributed by atoms with Gasteiger partial charge in [0.15, 0.2) is 5.84 Å². The number of aldehydes is 1. The maximum Gasteiger partial charge on any atom is 0.317 e. The standard InChI is InChI=1S/C14H19N5O.C12H25N3O3.C9H20.C5H12O.C3H6O2.C3H6O.3C2H6.CH4O/c1-10(2)6-7-13(20)17-12-5-3-4-11(8-12)14-18-15-9-16-19-14;1-3-5-14(9-11(13)16)7-8-15(6-4-2)10-12(17)18;1-4-6-7-8-9(3)5-2;1-5(2)3-4-6;1-2-3(4)5;1-2-3-4;4*1-2/h3-5,8-10H,6-7H2,1-2H3,(H,15,16)(H,17,20)(H,18,19);3-10H2,1-2H3,(H2,13,16)(H,17,18);9H,4-8H2,1-3H3;5-6H,3-4H2,1-2H3;2H2,1H3,(H,4,5);3H,2H2,1H3;3*1-2H3;2H,1H3. The van der Waals surface area contributed by atoms with Crippen molar-refractivity contribution < 1.29 is 44.4 Å². The minimum Gasteiger partial charge on any atom is -0.481 e. The van der Waals surface area contributed by atoms with Crippen LogP contribution >= 0.6 is 0 Å². The first-order chi connectivity index (χ1) is 33.4. The van der Waals surface area contributed by atoms with Gasteiger partial charge in [-0.15, -0.1) is 0 Å². The van der Waals surface area contributed by atoms with Gasteiger partial charge < -0.3 is 36.3 Å². The molecule has 1 unspecified atom stereocenters. The maximum atomic E-state index is 11.8. The number of rotatable bonds is 25. The van der Waals surface area contributed by atoms with Crippen molar-refractivity contribution in [2.45, 2.75) is 195 Å². The van der Waals surface area contributed by atoms with E-state index < -0.39 is 11.9 Å². The summed E-state index contributed by atoms with van der Waals surface area (Å²) < 4.78 is 0. The topological polar surface area (TPSA) is 260 Å². The van der Waals surface area contributed by atoms with Crippen LogP contribution in [0.1, 0.15) is 200 Å². The molecule has 0 bridgehead atoms. The highest BCUT2D eigenvalue weighted by atomic mass is 16.4. The Kier molecular flexibility index (Phi) is 81.1. The number of carboxylic acids is 2. The number of nitrogens with zero attached hydrogens (tertiary/aromatic N) is 4. The average Bonchev–Trinajstić information content (AvgIpc) is 3.36. The van der Waals surface area contributed by atoms with E-state index in [2.05, 4.69) is 74.8 Å². The Morgan fingerprint density at radius 1 is 0.743 bits per heavy atom. The molecule has 0 fully saturated rings. The van der Waals surface area contributed by atoms with Crippen LogP contribution in [0.5, 0.6) is 0 Å². The minimum absolute atomic E-state index is 0.0329. The first-order valence-corrected chi connectivity index (χ1v) is 26.1. The fourth-order valence-corrected chi connectivity index (χ4v) is 4.83. The number of nitrogens with one attached hydrogen (secondary N) is 3. The fourth-order valence-electron chi connectivity index (χ4n) is 4.83. The summed E-state index contributed by atoms with van der Waals surface area (Å²) in [5.41, 5.74) is 12.3. The number of hydrogen-bond donors (Lipinski definition) is 8. The van der Waals surface area contributed by atoms with Gasteiger partial charge in [0.1, 0.15) is 12.6 Å². The lowest BCUT2D eigenvalue weighted by Gasteiger charge is -2.25. The van der Waals surface area contributed by atoms with Gasteiger partial charge in [0.2, 0.25) is 11.8 Å². The van der Waals surface area contributed by atoms with Gasteiger partial charge in [-0.2, -0.15) is 10.2 Å². The summed E-state index contributed by atoms with van der Waals surface area (Å²) in [7, 11) is 1.00. The number of aliphatic carboxylic acids is 2. The quantitative estimate of drug-likeness (QED) is 0.0335. The van der Waals surface area contributed by atoms with Crippen molar-refractivity contribution in [3.63, 3.8) is 0 Å². The van der Waals surface area contributed by atoms with Gasteiger partial charge in [0.25, 0.3) is 0 Å². The molecule has 17 nitrogen and oxygen atoms in total. The molecule has 416 valence electrons. The molecule has 0 saturated carbocycles. The molecule has 1 aromatic carbocycles. The highest BCUT2D eigenvalue weighted by molar-refractivity contribution is 6.01. The van der Waals surface area contributed by atoms with Crippen molar-refractivity contribution in [3.05, 3.63) is 29.8 Å². The summed E-state index contributed by atoms with van der Waals surface area (Å²) in [5.74, 6) is 0.869. The first-order valence-electron chi connectivity index (χ1n) is 26.1. The molecule has 1 aromatic rings. The number of primary amides is 1. The number of carbonyl (C=O) groups excluding carboxylic acids is 3. The number of amidine groups is 1. The highest BCUT2D eigenvalue weighted by Crippen LogP contribution is 2.13. The molecule has 0 aromatic heterocycles. The zero-order valence-corrected chi connectivity index (χ0v) is 47.8. The molecule has 1 heterocycles. The normalized spacial score (nSPS) is 10.5. The summed E-state index contributed by atoms with van der Waals surface area (Å²) in [6.45, 7) is 38.2. The highest BCUT2D eigenvalue weighted by Gasteiger charge is 2.13. The SMILES string of the molecule is CC.CC.CC.CC(C)CCC(=O)Nc1cccc(C2=NNC=NN2)c1.CC(C)CCO.CCC(=O)O.CCC=O.CCCCCC(C)CC.CCCN(CCN(CCC)CC(=O)O)CC(N)=O.CO. The second kappa shape index (κ2) is 68.8. The summed E-state index contributed by atoms with van der Waals surface area (Å²) in [6, 6.07) is 7.49. The van der Waals surface area contributed by atoms with Crippen LogP contribution in [0.3, 0.4) is 0 Å². The zero-order chi connectivity index (χ0) is 56.1. The Labute approximate surface area is 428 Å². The van der Waals surface area contributed by atoms with E-state index in [-0.39, 0.29) is 31.3 Å². The number of carboxylic acid groups (broad SMARTS) is 2. The van der Waals surface area contributed by atoms with Gasteiger partial charge >= 0.3 is 11.9 Å². The lowest BCUT2D eigenvalue weighted by Crippen LogP contribution is -2.41. The average molecular weight is 1000 g/mol. The lowest BCUT2D eigenvalue weighted by atomic mass is 10.0. The number of anilines is 1. The van der Waals surface area contributed by atoms with E-state index in [1.54, 1.807) is 6.92 Å². The molecule has 2 amide bonds. The van der Waals surface area contributed by atoms with Gasteiger partial charge in [0, 0.05) is 57.3 Å². The van der Waals surface area contributed by atoms with Crippen LogP contribution in [0.4, 0.5) is 5.69 Å². The van der Waals surface area contributed by atoms with E-state index >= 15 is 0 Å². The van der Waals surface area contributed by atoms with Crippen LogP contribution in [0, 0.1) is 17.8 Å². The third kappa shape index (κ3) is 72.5. The number of hydrazone groups is 2. The van der Waals surface area contributed by atoms with Gasteiger partial charge in [-0.25, -0.2) is 0 Å². The second-order valence-electron chi connectivity index (χ2n) is 15.7. The van der Waals surface area contributed by atoms with Crippen LogP contribution in [-0.4, -0.2) is 125 Å². The molecule has 1 aliphatic rings. The van der Waals surface area contributed by atoms with Gasteiger partial charge in [-0.05, 0) is 68.7 Å². The molecule has 70 heavy (non-hydrogen) atoms. The van der Waals surface area contributed by atoms with Crippen LogP contribution in [0.15, 0.2) is 34.5 Å². The van der Waals surface area contributed by atoms with Crippen molar-refractivity contribution in [1.29, 1.82) is 0 Å². The van der Waals surface area contributed by atoms with E-state index in [0.29, 0.717) is 50.2 Å². The molecular formula is C53H110N8O9. The first kappa shape index (κ1) is 82.5. The largest absolute Gasteiger partial charge is 0.481 e. The Morgan fingerprint density at radius 3 is 1.59 bits per heavy atom. The summed E-state index contributed by atoms with van der Waals surface area (Å²) >= 11 is 0. The maximum absolute atomic E-state index is 11.8. The monoisotopic (exact) mass is 1000 g/mol. The van der Waals surface area contributed by atoms with Crippen molar-refractivity contribution in [3.8, 4) is 0 Å². The number of unbranched alkanes of at least 4 members (excludes halogenated alkanes) is 2. The van der Waals surface area contributed by atoms with Crippen molar-refractivity contribution in [2.24, 2.45) is 33.7 Å². The number of aliphatic hydroxyl groups is 2. The number of nitrogens with two attached hydrogens (primary N) is 1. The Morgan fingerprint density at radius 2 is 1.24 bits per heavy atom. The Balaban J connectivity index is -0.000000116. The minimum atomic E-state index is -0.819. The van der Waals surface area contributed by atoms with Crippen molar-refractivity contribution >= 4 is 47.9 Å². The Bertz CT molecular complexity index is 1310. The summed E-state index contributed by atoms with van der Waals surface area (Å²) in [6.07, 6.45) is 14.4. The van der Waals surface area contributed by atoms with Crippen LogP contribution in [0.2, 0.25) is 0 Å². The predicted octanol–water partition coefficient (Wildman–Crippen LogP) is 10.2. The molecule has 0 aliphatic carbocycles. The van der Waals surface area contributed by atoms with Crippen LogP contribution in [0.25, 0.3) is 0 Å². The molecule has 0 radical (unpaired) electrons. The van der Waals surface area contributed by atoms with E-state index in [1.165, 1.54) is 38.4 Å². The number of benzene rings is 1. The number of amides is 2. The molecule has 9 N–H and O–H groups in total. The van der Waals surface area contributed by atoms with E-state index in [0.717, 1.165) is 69.3 Å². The fraction of sp³-hybridized carbons (Fsp3) is 0.755. The molecule has 1 aliphatic heterocycles. The van der Waals surface area contributed by atoms with Gasteiger partial charge in [-0.3, -0.25) is 39.8 Å². The molecule has 17 heteroatoms. The third-order valence-electron chi connectivity index (χ3n) is 8.56. The molecule has 0 spiro atoms. The van der Waals surface area contributed by atoms with Crippen LogP contribution in [-0.2, 0) is 24.0 Å². The third-order valence-corrected chi connectivity index (χ3v) is 8.56.